The lowest BCUT2D eigenvalue weighted by Gasteiger charge is -2.18. The maximum Gasteiger partial charge on any atom is 0.144 e. The lowest BCUT2D eigenvalue weighted by Crippen LogP contribution is -2.09. The molecule has 0 amide bonds. The summed E-state index contributed by atoms with van der Waals surface area (Å²) in [7, 11) is 0. The summed E-state index contributed by atoms with van der Waals surface area (Å²) in [5.41, 5.74) is 4.58. The summed E-state index contributed by atoms with van der Waals surface area (Å²) in [5.74, 6) is -0.990. The summed E-state index contributed by atoms with van der Waals surface area (Å²) < 4.78 is 33.1. The summed E-state index contributed by atoms with van der Waals surface area (Å²) in [6.45, 7) is 7.60. The number of benzene rings is 3. The van der Waals surface area contributed by atoms with Crippen LogP contribution < -0.4 is 0 Å². The first kappa shape index (κ1) is 17.2. The van der Waals surface area contributed by atoms with Gasteiger partial charge in [-0.15, -0.1) is 0 Å². The molecule has 160 valence electrons. The molecule has 0 fully saturated rings. The van der Waals surface area contributed by atoms with Gasteiger partial charge < -0.3 is 4.42 Å². The molecule has 5 rings (SSSR count). The predicted octanol–water partition coefficient (Wildman–Crippen LogP) is 8.39. The zero-order valence-corrected chi connectivity index (χ0v) is 18.9. The van der Waals surface area contributed by atoms with Gasteiger partial charge in [-0.2, -0.15) is 0 Å². The Labute approximate surface area is 194 Å². The number of aromatic nitrogens is 1. The zero-order chi connectivity index (χ0) is 25.0. The van der Waals surface area contributed by atoms with Crippen molar-refractivity contribution in [3.8, 4) is 11.3 Å². The van der Waals surface area contributed by atoms with Crippen LogP contribution in [0.4, 0.5) is 0 Å². The van der Waals surface area contributed by atoms with Crippen molar-refractivity contribution in [1.82, 2.24) is 4.98 Å². The number of para-hydroxylation sites is 2. The van der Waals surface area contributed by atoms with Gasteiger partial charge in [-0.1, -0.05) is 88.4 Å². The van der Waals surface area contributed by atoms with E-state index in [1.807, 2.05) is 100 Å². The molecule has 2 heteroatoms. The summed E-state index contributed by atoms with van der Waals surface area (Å²) in [4.78, 5) is 4.58. The van der Waals surface area contributed by atoms with Crippen LogP contribution in [0.3, 0.4) is 0 Å². The molecular formula is C30H29NO. The van der Waals surface area contributed by atoms with Crippen LogP contribution in [-0.4, -0.2) is 4.98 Å². The Bertz CT molecular complexity index is 1530. The molecule has 0 radical (unpaired) electrons. The van der Waals surface area contributed by atoms with E-state index < -0.39 is 17.7 Å². The van der Waals surface area contributed by atoms with Crippen molar-refractivity contribution in [2.45, 2.75) is 40.0 Å². The van der Waals surface area contributed by atoms with Crippen molar-refractivity contribution in [3.63, 3.8) is 0 Å². The van der Waals surface area contributed by atoms with E-state index in [2.05, 4.69) is 4.98 Å². The Morgan fingerprint density at radius 1 is 0.906 bits per heavy atom. The van der Waals surface area contributed by atoms with Crippen molar-refractivity contribution >= 4 is 21.9 Å². The topological polar surface area (TPSA) is 26.0 Å². The van der Waals surface area contributed by atoms with Crippen molar-refractivity contribution in [2.24, 2.45) is 5.41 Å². The van der Waals surface area contributed by atoms with Crippen LogP contribution >= 0.6 is 0 Å². The van der Waals surface area contributed by atoms with Gasteiger partial charge in [0.15, 0.2) is 0 Å². The second-order valence-corrected chi connectivity index (χ2v) is 9.26. The van der Waals surface area contributed by atoms with Gasteiger partial charge >= 0.3 is 0 Å². The van der Waals surface area contributed by atoms with Crippen molar-refractivity contribution in [1.29, 1.82) is 0 Å². The quantitative estimate of drug-likeness (QED) is 0.291. The van der Waals surface area contributed by atoms with Gasteiger partial charge in [0.05, 0.1) is 5.69 Å². The fourth-order valence-electron chi connectivity index (χ4n) is 4.25. The molecule has 2 aromatic heterocycles. The zero-order valence-electron chi connectivity index (χ0n) is 21.9. The van der Waals surface area contributed by atoms with E-state index in [4.69, 9.17) is 7.16 Å². The van der Waals surface area contributed by atoms with Crippen molar-refractivity contribution < 1.29 is 8.53 Å². The van der Waals surface area contributed by atoms with Crippen LogP contribution in [0.1, 0.15) is 54.4 Å². The Hall–Kier alpha value is -3.39. The molecular weight excluding hydrogens is 390 g/mol. The molecule has 0 N–H and O–H groups in total. The SMILES string of the molecule is [2H]C(C)(c1ccccc1)c1cccc2c1oc1c(-c3cc(C([2H])([2H])C(C)(C)C)ccn3)cccc12. The van der Waals surface area contributed by atoms with Crippen LogP contribution in [0.5, 0.6) is 0 Å². The first-order valence-corrected chi connectivity index (χ1v) is 11.0. The molecule has 0 bridgehead atoms. The third-order valence-electron chi connectivity index (χ3n) is 5.69. The van der Waals surface area contributed by atoms with Crippen LogP contribution in [-0.2, 0) is 6.37 Å². The second-order valence-electron chi connectivity index (χ2n) is 9.26. The molecule has 1 atom stereocenters. The molecule has 2 heterocycles. The minimum absolute atomic E-state index is 0.568. The summed E-state index contributed by atoms with van der Waals surface area (Å²) in [6, 6.07) is 25.3. The highest BCUT2D eigenvalue weighted by molar-refractivity contribution is 6.10. The van der Waals surface area contributed by atoms with Gasteiger partial charge in [0.1, 0.15) is 11.2 Å². The Balaban J connectivity index is 1.72. The van der Waals surface area contributed by atoms with Crippen molar-refractivity contribution in [3.05, 3.63) is 102 Å². The molecule has 0 aliphatic heterocycles. The minimum atomic E-state index is -1.53. The van der Waals surface area contributed by atoms with Crippen LogP contribution in [0.15, 0.2) is 89.5 Å². The smallest absolute Gasteiger partial charge is 0.144 e. The molecule has 1 unspecified atom stereocenters. The van der Waals surface area contributed by atoms with Gasteiger partial charge in [-0.25, -0.2) is 0 Å². The molecule has 32 heavy (non-hydrogen) atoms. The van der Waals surface area contributed by atoms with E-state index >= 15 is 0 Å². The standard InChI is InChI=1S/C30H29NO/c1-20(22-10-6-5-7-11-22)23-12-8-13-24-25-14-9-15-26(29(25)32-28(23)24)27-18-21(16-17-31-27)19-30(2,3)4/h5-18,20H,19H2,1-4H3/i19D2,20D. The molecule has 0 saturated carbocycles. The summed E-state index contributed by atoms with van der Waals surface area (Å²) in [5, 5.41) is 1.91. The maximum atomic E-state index is 9.22. The monoisotopic (exact) mass is 422 g/mol. The Morgan fingerprint density at radius 3 is 2.38 bits per heavy atom. The highest BCUT2D eigenvalue weighted by atomic mass is 16.3. The lowest BCUT2D eigenvalue weighted by molar-refractivity contribution is 0.411. The second kappa shape index (κ2) is 7.94. The number of hydrogen-bond acceptors (Lipinski definition) is 2. The summed E-state index contributed by atoms with van der Waals surface area (Å²) >= 11 is 0. The van der Waals surface area contributed by atoms with Gasteiger partial charge in [-0.05, 0) is 41.1 Å². The largest absolute Gasteiger partial charge is 0.455 e. The first-order chi connectivity index (χ1) is 16.5. The third-order valence-corrected chi connectivity index (χ3v) is 5.69. The van der Waals surface area contributed by atoms with E-state index in [1.54, 1.807) is 12.3 Å². The predicted molar refractivity (Wildman–Crippen MR) is 134 cm³/mol. The van der Waals surface area contributed by atoms with E-state index in [1.165, 1.54) is 0 Å². The lowest BCUT2D eigenvalue weighted by atomic mass is 9.88. The number of furan rings is 1. The number of hydrogen-bond donors (Lipinski definition) is 0. The average Bonchev–Trinajstić information content (AvgIpc) is 3.23. The number of rotatable bonds is 4. The number of nitrogens with zero attached hydrogens (tertiary/aromatic N) is 1. The molecule has 2 nitrogen and oxygen atoms in total. The molecule has 0 aliphatic rings. The molecule has 0 saturated heterocycles. The average molecular weight is 423 g/mol. The fraction of sp³-hybridized carbons (Fsp3) is 0.233. The first-order valence-electron chi connectivity index (χ1n) is 12.5. The van der Waals surface area contributed by atoms with Crippen LogP contribution in [0.25, 0.3) is 33.2 Å². The molecule has 5 aromatic rings. The molecule has 3 aromatic carbocycles. The highest BCUT2D eigenvalue weighted by Crippen LogP contribution is 2.39. The number of pyridine rings is 1. The Morgan fingerprint density at radius 2 is 1.62 bits per heavy atom. The minimum Gasteiger partial charge on any atom is -0.455 e. The fourth-order valence-corrected chi connectivity index (χ4v) is 4.25. The van der Waals surface area contributed by atoms with E-state index in [0.29, 0.717) is 22.4 Å². The normalized spacial score (nSPS) is 15.8. The maximum absolute atomic E-state index is 9.22. The van der Waals surface area contributed by atoms with Gasteiger partial charge in [0.25, 0.3) is 0 Å². The highest BCUT2D eigenvalue weighted by Gasteiger charge is 2.19. The number of fused-ring (bicyclic) bond motifs is 3. The van der Waals surface area contributed by atoms with Gasteiger partial charge in [0.2, 0.25) is 0 Å². The van der Waals surface area contributed by atoms with Gasteiger partial charge in [-0.3, -0.25) is 4.98 Å². The van der Waals surface area contributed by atoms with E-state index in [0.717, 1.165) is 27.5 Å². The molecule has 0 aliphatic carbocycles. The van der Waals surface area contributed by atoms with E-state index in [9.17, 15) is 1.37 Å². The van der Waals surface area contributed by atoms with Crippen LogP contribution in [0, 0.1) is 5.41 Å². The Kier molecular flexibility index (Phi) is 4.27. The third kappa shape index (κ3) is 3.82. The van der Waals surface area contributed by atoms with Crippen molar-refractivity contribution in [2.75, 3.05) is 0 Å². The summed E-state index contributed by atoms with van der Waals surface area (Å²) in [6.07, 6.45) is 0.139. The van der Waals surface area contributed by atoms with E-state index in [-0.39, 0.29) is 0 Å². The molecule has 0 spiro atoms. The van der Waals surface area contributed by atoms with Crippen LogP contribution in [0.2, 0.25) is 0 Å². The van der Waals surface area contributed by atoms with Gasteiger partial charge in [0, 0.05) is 38.1 Å².